The van der Waals surface area contributed by atoms with Crippen molar-refractivity contribution in [3.63, 3.8) is 0 Å². The predicted octanol–water partition coefficient (Wildman–Crippen LogP) is 7.74. The fraction of sp³-hybridized carbons (Fsp3) is 0. The number of nitrogens with one attached hydrogen (secondary N) is 2. The Kier molecular flexibility index (Phi) is 6.15. The highest BCUT2D eigenvalue weighted by Crippen LogP contribution is 2.35. The van der Waals surface area contributed by atoms with Crippen molar-refractivity contribution in [3.05, 3.63) is 93.4 Å². The molecule has 1 amide bonds. The number of nitrogens with zero attached hydrogens (tertiary/aromatic N) is 1. The van der Waals surface area contributed by atoms with Crippen LogP contribution in [0, 0.1) is 0 Å². The number of rotatable bonds is 3. The van der Waals surface area contributed by atoms with Crippen molar-refractivity contribution < 1.29 is 9.21 Å². The summed E-state index contributed by atoms with van der Waals surface area (Å²) in [6.07, 6.45) is 0. The second-order valence-electron chi connectivity index (χ2n) is 7.35. The first kappa shape index (κ1) is 22.6. The van der Waals surface area contributed by atoms with E-state index >= 15 is 0 Å². The topological polar surface area (TPSA) is 67.2 Å². The number of fused-ring (bicyclic) bond motifs is 2. The summed E-state index contributed by atoms with van der Waals surface area (Å²) in [6.45, 7) is 0. The van der Waals surface area contributed by atoms with Crippen LogP contribution < -0.4 is 10.6 Å². The van der Waals surface area contributed by atoms with Crippen molar-refractivity contribution in [2.75, 3.05) is 5.32 Å². The zero-order valence-electron chi connectivity index (χ0n) is 17.2. The number of amides is 1. The highest BCUT2D eigenvalue weighted by Gasteiger charge is 2.15. The van der Waals surface area contributed by atoms with Crippen molar-refractivity contribution in [2.24, 2.45) is 0 Å². The van der Waals surface area contributed by atoms with Crippen LogP contribution in [0.2, 0.25) is 15.1 Å². The van der Waals surface area contributed by atoms with Crippen molar-refractivity contribution in [2.45, 2.75) is 0 Å². The Labute approximate surface area is 214 Å². The van der Waals surface area contributed by atoms with E-state index in [0.29, 0.717) is 48.9 Å². The molecule has 0 aliphatic rings. The van der Waals surface area contributed by atoms with E-state index in [9.17, 15) is 4.79 Å². The van der Waals surface area contributed by atoms with E-state index in [-0.39, 0.29) is 11.0 Å². The molecule has 5 aromatic rings. The number of carbonyl (C=O) groups excluding carboxylic acids is 1. The van der Waals surface area contributed by atoms with Gasteiger partial charge in [0.2, 0.25) is 5.89 Å². The van der Waals surface area contributed by atoms with E-state index in [1.807, 2.05) is 12.1 Å². The number of thiocarbonyl (C=S) groups is 1. The van der Waals surface area contributed by atoms with E-state index in [2.05, 4.69) is 15.6 Å². The number of aromatic nitrogens is 1. The smallest absolute Gasteiger partial charge is 0.258 e. The van der Waals surface area contributed by atoms with E-state index in [1.165, 1.54) is 0 Å². The van der Waals surface area contributed by atoms with Crippen LogP contribution in [0.25, 0.3) is 33.3 Å². The first-order chi connectivity index (χ1) is 16.4. The third-order valence-electron chi connectivity index (χ3n) is 5.17. The van der Waals surface area contributed by atoms with Crippen LogP contribution in [0.1, 0.15) is 10.4 Å². The molecule has 168 valence electrons. The Morgan fingerprint density at radius 3 is 2.47 bits per heavy atom. The van der Waals surface area contributed by atoms with Gasteiger partial charge in [0.25, 0.3) is 5.91 Å². The average molecular weight is 527 g/mol. The van der Waals surface area contributed by atoms with Crippen LogP contribution in [-0.2, 0) is 0 Å². The molecular weight excluding hydrogens is 513 g/mol. The van der Waals surface area contributed by atoms with Crippen LogP contribution in [0.4, 0.5) is 5.69 Å². The molecule has 0 fully saturated rings. The van der Waals surface area contributed by atoms with E-state index < -0.39 is 0 Å². The molecule has 5 nitrogen and oxygen atoms in total. The van der Waals surface area contributed by atoms with Gasteiger partial charge in [-0.25, -0.2) is 4.98 Å². The molecule has 0 unspecified atom stereocenters. The van der Waals surface area contributed by atoms with Gasteiger partial charge in [-0.2, -0.15) is 0 Å². The molecule has 0 atom stereocenters. The lowest BCUT2D eigenvalue weighted by Gasteiger charge is -2.11. The first-order valence-corrected chi connectivity index (χ1v) is 11.6. The molecule has 9 heteroatoms. The maximum atomic E-state index is 12.9. The third-order valence-corrected chi connectivity index (χ3v) is 6.52. The van der Waals surface area contributed by atoms with Crippen LogP contribution in [0.5, 0.6) is 0 Å². The molecule has 0 aliphatic carbocycles. The summed E-state index contributed by atoms with van der Waals surface area (Å²) in [5, 5.41) is 8.76. The summed E-state index contributed by atoms with van der Waals surface area (Å²) in [6, 6.07) is 21.3. The van der Waals surface area contributed by atoms with Gasteiger partial charge in [-0.3, -0.25) is 10.1 Å². The second-order valence-corrected chi connectivity index (χ2v) is 8.95. The second kappa shape index (κ2) is 9.24. The molecule has 0 bridgehead atoms. The van der Waals surface area contributed by atoms with Gasteiger partial charge in [0.15, 0.2) is 10.7 Å². The zero-order valence-corrected chi connectivity index (χ0v) is 20.3. The summed E-state index contributed by atoms with van der Waals surface area (Å²) >= 11 is 24.0. The molecule has 0 aliphatic heterocycles. The molecule has 5 rings (SSSR count). The van der Waals surface area contributed by atoms with Crippen molar-refractivity contribution >= 4 is 85.6 Å². The number of benzene rings is 4. The lowest BCUT2D eigenvalue weighted by Crippen LogP contribution is -2.34. The van der Waals surface area contributed by atoms with Gasteiger partial charge in [-0.05, 0) is 60.1 Å². The maximum absolute atomic E-state index is 12.9. The molecule has 0 saturated heterocycles. The van der Waals surface area contributed by atoms with E-state index in [0.717, 1.165) is 10.8 Å². The van der Waals surface area contributed by atoms with Gasteiger partial charge in [0, 0.05) is 21.7 Å². The number of oxazole rings is 1. The number of halogens is 3. The van der Waals surface area contributed by atoms with Crippen LogP contribution in [-0.4, -0.2) is 16.0 Å². The highest BCUT2D eigenvalue weighted by molar-refractivity contribution is 7.80. The van der Waals surface area contributed by atoms with Crippen molar-refractivity contribution in [1.29, 1.82) is 0 Å². The zero-order chi connectivity index (χ0) is 23.8. The van der Waals surface area contributed by atoms with Gasteiger partial charge >= 0.3 is 0 Å². The van der Waals surface area contributed by atoms with Gasteiger partial charge in [-0.1, -0.05) is 65.1 Å². The maximum Gasteiger partial charge on any atom is 0.258 e. The summed E-state index contributed by atoms with van der Waals surface area (Å²) in [5.74, 6) is 0.0101. The highest BCUT2D eigenvalue weighted by atomic mass is 35.5. The molecule has 0 radical (unpaired) electrons. The Morgan fingerprint density at radius 2 is 1.62 bits per heavy atom. The summed E-state index contributed by atoms with van der Waals surface area (Å²) in [7, 11) is 0. The lowest BCUT2D eigenvalue weighted by atomic mass is 10.0. The van der Waals surface area contributed by atoms with Gasteiger partial charge in [0.1, 0.15) is 5.52 Å². The van der Waals surface area contributed by atoms with Crippen LogP contribution in [0.15, 0.2) is 77.2 Å². The summed E-state index contributed by atoms with van der Waals surface area (Å²) in [5.41, 5.74) is 2.86. The lowest BCUT2D eigenvalue weighted by molar-refractivity contribution is 0.0979. The predicted molar refractivity (Wildman–Crippen MR) is 142 cm³/mol. The standard InChI is InChI=1S/C25H14Cl3N3O2S/c26-18-8-2-4-14-15(18)5-1-6-16(14)23(32)31-25(34)29-13-10-11-21-20(12-13)30-24(33-21)17-7-3-9-19(27)22(17)28/h1-12H,(H2,29,31,32,34). The molecule has 2 N–H and O–H groups in total. The average Bonchev–Trinajstić information content (AvgIpc) is 3.24. The molecule has 1 heterocycles. The van der Waals surface area contributed by atoms with Crippen LogP contribution >= 0.6 is 47.0 Å². The van der Waals surface area contributed by atoms with Crippen molar-refractivity contribution in [1.82, 2.24) is 10.3 Å². The SMILES string of the molecule is O=C(NC(=S)Nc1ccc2oc(-c3cccc(Cl)c3Cl)nc2c1)c1cccc2c(Cl)cccc12. The molecule has 0 saturated carbocycles. The number of hydrogen-bond acceptors (Lipinski definition) is 4. The Morgan fingerprint density at radius 1 is 0.882 bits per heavy atom. The van der Waals surface area contributed by atoms with Gasteiger partial charge in [-0.15, -0.1) is 0 Å². The van der Waals surface area contributed by atoms with Crippen LogP contribution in [0.3, 0.4) is 0 Å². The summed E-state index contributed by atoms with van der Waals surface area (Å²) < 4.78 is 5.83. The van der Waals surface area contributed by atoms with Crippen molar-refractivity contribution in [3.8, 4) is 11.5 Å². The minimum absolute atomic E-state index is 0.144. The molecule has 4 aromatic carbocycles. The number of carbonyl (C=O) groups is 1. The molecular formula is C25H14Cl3N3O2S. The van der Waals surface area contributed by atoms with Gasteiger partial charge in [0.05, 0.1) is 15.6 Å². The normalized spacial score (nSPS) is 11.0. The minimum atomic E-state index is -0.342. The number of hydrogen-bond donors (Lipinski definition) is 2. The number of anilines is 1. The largest absolute Gasteiger partial charge is 0.436 e. The first-order valence-electron chi connectivity index (χ1n) is 10.1. The Balaban J connectivity index is 1.35. The monoisotopic (exact) mass is 525 g/mol. The Bertz CT molecular complexity index is 1600. The van der Waals surface area contributed by atoms with E-state index in [1.54, 1.807) is 60.7 Å². The fourth-order valence-electron chi connectivity index (χ4n) is 3.59. The Hall–Kier alpha value is -3.16. The third kappa shape index (κ3) is 4.33. The molecule has 34 heavy (non-hydrogen) atoms. The minimum Gasteiger partial charge on any atom is -0.436 e. The fourth-order valence-corrected chi connectivity index (χ4v) is 4.42. The molecule has 0 spiro atoms. The quantitative estimate of drug-likeness (QED) is 0.235. The van der Waals surface area contributed by atoms with E-state index in [4.69, 9.17) is 51.4 Å². The van der Waals surface area contributed by atoms with Gasteiger partial charge < -0.3 is 9.73 Å². The summed E-state index contributed by atoms with van der Waals surface area (Å²) in [4.78, 5) is 17.4. The molecule has 1 aromatic heterocycles.